The Bertz CT molecular complexity index is 578. The Kier molecular flexibility index (Phi) is 4.87. The van der Waals surface area contributed by atoms with Gasteiger partial charge < -0.3 is 9.73 Å². The molecule has 0 fully saturated rings. The number of amides is 1. The van der Waals surface area contributed by atoms with E-state index in [9.17, 15) is 4.79 Å². The van der Waals surface area contributed by atoms with Crippen LogP contribution in [0.4, 0.5) is 0 Å². The van der Waals surface area contributed by atoms with E-state index in [1.807, 2.05) is 38.1 Å². The summed E-state index contributed by atoms with van der Waals surface area (Å²) in [4.78, 5) is 11.3. The zero-order chi connectivity index (χ0) is 14.4. The summed E-state index contributed by atoms with van der Waals surface area (Å²) < 4.78 is 5.62. The van der Waals surface area contributed by atoms with Crippen molar-refractivity contribution < 1.29 is 9.21 Å². The molecule has 0 bridgehead atoms. The molecule has 0 radical (unpaired) electrons. The van der Waals surface area contributed by atoms with Crippen molar-refractivity contribution in [3.63, 3.8) is 0 Å². The quantitative estimate of drug-likeness (QED) is 0.878. The van der Waals surface area contributed by atoms with Gasteiger partial charge >= 0.3 is 0 Å². The second kappa shape index (κ2) is 6.84. The standard InChI is InChI=1S/C15H19N3O2/c1-3-6-13(19)16-10-9-14-17-18-15(20-14)12-8-5-4-7-11(12)2/h4-5,7-8H,3,6,9-10H2,1-2H3,(H,16,19). The van der Waals surface area contributed by atoms with Crippen LogP contribution in [0.1, 0.15) is 31.2 Å². The van der Waals surface area contributed by atoms with Crippen LogP contribution in [0, 0.1) is 6.92 Å². The summed E-state index contributed by atoms with van der Waals surface area (Å²) in [6.45, 7) is 4.50. The third-order valence-electron chi connectivity index (χ3n) is 2.98. The maximum Gasteiger partial charge on any atom is 0.247 e. The molecule has 0 atom stereocenters. The van der Waals surface area contributed by atoms with Gasteiger partial charge in [-0.15, -0.1) is 10.2 Å². The molecule has 0 aliphatic heterocycles. The van der Waals surface area contributed by atoms with Gasteiger partial charge in [-0.3, -0.25) is 4.79 Å². The number of carbonyl (C=O) groups excluding carboxylic acids is 1. The first-order valence-corrected chi connectivity index (χ1v) is 6.85. The Hall–Kier alpha value is -2.17. The fourth-order valence-corrected chi connectivity index (χ4v) is 1.90. The molecule has 106 valence electrons. The van der Waals surface area contributed by atoms with Gasteiger partial charge in [-0.1, -0.05) is 25.1 Å². The number of nitrogens with zero attached hydrogens (tertiary/aromatic N) is 2. The van der Waals surface area contributed by atoms with E-state index < -0.39 is 0 Å². The van der Waals surface area contributed by atoms with Gasteiger partial charge in [0.2, 0.25) is 17.7 Å². The number of carbonyl (C=O) groups is 1. The van der Waals surface area contributed by atoms with E-state index in [2.05, 4.69) is 15.5 Å². The van der Waals surface area contributed by atoms with E-state index in [1.165, 1.54) is 0 Å². The molecule has 0 saturated heterocycles. The number of nitrogens with one attached hydrogen (secondary N) is 1. The molecule has 1 amide bonds. The largest absolute Gasteiger partial charge is 0.421 e. The molecular weight excluding hydrogens is 254 g/mol. The van der Waals surface area contributed by atoms with Crippen LogP contribution >= 0.6 is 0 Å². The maximum absolute atomic E-state index is 11.3. The number of aryl methyl sites for hydroxylation is 1. The zero-order valence-corrected chi connectivity index (χ0v) is 11.8. The predicted molar refractivity (Wildman–Crippen MR) is 76.1 cm³/mol. The summed E-state index contributed by atoms with van der Waals surface area (Å²) in [6, 6.07) is 7.87. The minimum Gasteiger partial charge on any atom is -0.421 e. The number of hydrogen-bond donors (Lipinski definition) is 1. The minimum atomic E-state index is 0.0612. The van der Waals surface area contributed by atoms with Crippen molar-refractivity contribution in [2.45, 2.75) is 33.1 Å². The average Bonchev–Trinajstić information content (AvgIpc) is 2.88. The second-order valence-electron chi connectivity index (χ2n) is 4.67. The molecule has 0 saturated carbocycles. The maximum atomic E-state index is 11.3. The van der Waals surface area contributed by atoms with Crippen LogP contribution in [0.5, 0.6) is 0 Å². The fourth-order valence-electron chi connectivity index (χ4n) is 1.90. The van der Waals surface area contributed by atoms with Crippen LogP contribution in [-0.2, 0) is 11.2 Å². The Morgan fingerprint density at radius 2 is 2.10 bits per heavy atom. The Balaban J connectivity index is 1.93. The van der Waals surface area contributed by atoms with E-state index in [1.54, 1.807) is 0 Å². The first kappa shape index (κ1) is 14.2. The fraction of sp³-hybridized carbons (Fsp3) is 0.400. The summed E-state index contributed by atoms with van der Waals surface area (Å²) in [6.07, 6.45) is 1.95. The van der Waals surface area contributed by atoms with Crippen LogP contribution in [-0.4, -0.2) is 22.6 Å². The first-order chi connectivity index (χ1) is 9.70. The topological polar surface area (TPSA) is 68.0 Å². The molecule has 2 rings (SSSR count). The highest BCUT2D eigenvalue weighted by atomic mass is 16.4. The highest BCUT2D eigenvalue weighted by Gasteiger charge is 2.10. The van der Waals surface area contributed by atoms with Gasteiger partial charge in [-0.25, -0.2) is 0 Å². The number of aromatic nitrogens is 2. The monoisotopic (exact) mass is 273 g/mol. The van der Waals surface area contributed by atoms with Crippen molar-refractivity contribution in [3.8, 4) is 11.5 Å². The van der Waals surface area contributed by atoms with Crippen molar-refractivity contribution in [1.29, 1.82) is 0 Å². The van der Waals surface area contributed by atoms with Gasteiger partial charge in [0.1, 0.15) is 0 Å². The smallest absolute Gasteiger partial charge is 0.247 e. The minimum absolute atomic E-state index is 0.0612. The van der Waals surface area contributed by atoms with Crippen molar-refractivity contribution in [2.24, 2.45) is 0 Å². The lowest BCUT2D eigenvalue weighted by Crippen LogP contribution is -2.25. The van der Waals surface area contributed by atoms with Gasteiger partial charge in [0.15, 0.2) is 0 Å². The highest BCUT2D eigenvalue weighted by Crippen LogP contribution is 2.21. The normalized spacial score (nSPS) is 10.5. The summed E-state index contributed by atoms with van der Waals surface area (Å²) in [5.74, 6) is 1.13. The second-order valence-corrected chi connectivity index (χ2v) is 4.67. The lowest BCUT2D eigenvalue weighted by molar-refractivity contribution is -0.121. The Morgan fingerprint density at radius 1 is 1.30 bits per heavy atom. The molecule has 5 nitrogen and oxygen atoms in total. The number of benzene rings is 1. The molecule has 5 heteroatoms. The summed E-state index contributed by atoms with van der Waals surface area (Å²) in [7, 11) is 0. The van der Waals surface area contributed by atoms with Crippen LogP contribution in [0.3, 0.4) is 0 Å². The van der Waals surface area contributed by atoms with Gasteiger partial charge in [0.25, 0.3) is 0 Å². The number of rotatable bonds is 6. The molecular formula is C15H19N3O2. The SMILES string of the molecule is CCCC(=O)NCCc1nnc(-c2ccccc2C)o1. The molecule has 0 unspecified atom stereocenters. The molecule has 1 aromatic carbocycles. The third kappa shape index (κ3) is 3.66. The lowest BCUT2D eigenvalue weighted by Gasteiger charge is -2.01. The Morgan fingerprint density at radius 3 is 2.85 bits per heavy atom. The van der Waals surface area contributed by atoms with Crippen LogP contribution < -0.4 is 5.32 Å². The van der Waals surface area contributed by atoms with Crippen LogP contribution in [0.25, 0.3) is 11.5 Å². The number of hydrogen-bond acceptors (Lipinski definition) is 4. The van der Waals surface area contributed by atoms with Crippen LogP contribution in [0.2, 0.25) is 0 Å². The predicted octanol–water partition coefficient (Wildman–Crippen LogP) is 2.50. The zero-order valence-electron chi connectivity index (χ0n) is 11.8. The Labute approximate surface area is 118 Å². The van der Waals surface area contributed by atoms with Crippen molar-refractivity contribution >= 4 is 5.91 Å². The molecule has 0 spiro atoms. The van der Waals surface area contributed by atoms with Crippen molar-refractivity contribution in [1.82, 2.24) is 15.5 Å². The molecule has 2 aromatic rings. The van der Waals surface area contributed by atoms with Crippen molar-refractivity contribution in [2.75, 3.05) is 6.54 Å². The van der Waals surface area contributed by atoms with E-state index in [-0.39, 0.29) is 5.91 Å². The summed E-state index contributed by atoms with van der Waals surface area (Å²) >= 11 is 0. The van der Waals surface area contributed by atoms with E-state index >= 15 is 0 Å². The lowest BCUT2D eigenvalue weighted by atomic mass is 10.1. The summed E-state index contributed by atoms with van der Waals surface area (Å²) in [5, 5.41) is 10.9. The van der Waals surface area contributed by atoms with E-state index in [0.29, 0.717) is 31.2 Å². The molecule has 20 heavy (non-hydrogen) atoms. The molecule has 1 heterocycles. The first-order valence-electron chi connectivity index (χ1n) is 6.85. The average molecular weight is 273 g/mol. The van der Waals surface area contributed by atoms with Crippen LogP contribution in [0.15, 0.2) is 28.7 Å². The molecule has 0 aliphatic carbocycles. The third-order valence-corrected chi connectivity index (χ3v) is 2.98. The molecule has 0 aliphatic rings. The molecule has 1 aromatic heterocycles. The highest BCUT2D eigenvalue weighted by molar-refractivity contribution is 5.75. The van der Waals surface area contributed by atoms with Gasteiger partial charge in [-0.05, 0) is 25.0 Å². The summed E-state index contributed by atoms with van der Waals surface area (Å²) in [5.41, 5.74) is 2.04. The van der Waals surface area contributed by atoms with E-state index in [0.717, 1.165) is 17.5 Å². The van der Waals surface area contributed by atoms with Gasteiger partial charge in [0, 0.05) is 24.9 Å². The molecule has 1 N–H and O–H groups in total. The van der Waals surface area contributed by atoms with Crippen molar-refractivity contribution in [3.05, 3.63) is 35.7 Å². The van der Waals surface area contributed by atoms with E-state index in [4.69, 9.17) is 4.42 Å². The van der Waals surface area contributed by atoms with Gasteiger partial charge in [-0.2, -0.15) is 0 Å². The van der Waals surface area contributed by atoms with Gasteiger partial charge in [0.05, 0.1) is 0 Å².